The lowest BCUT2D eigenvalue weighted by Crippen LogP contribution is -2.29. The van der Waals surface area contributed by atoms with Gasteiger partial charge >= 0.3 is 12.1 Å². The molecule has 148 valence electrons. The van der Waals surface area contributed by atoms with Crippen molar-refractivity contribution in [2.45, 2.75) is 12.7 Å². The van der Waals surface area contributed by atoms with Crippen molar-refractivity contribution in [1.82, 2.24) is 20.2 Å². The normalized spacial score (nSPS) is 12.2. The Labute approximate surface area is 155 Å². The van der Waals surface area contributed by atoms with E-state index in [-0.39, 0.29) is 23.4 Å². The molecule has 0 atom stereocenters. The summed E-state index contributed by atoms with van der Waals surface area (Å²) in [6, 6.07) is 3.34. The van der Waals surface area contributed by atoms with Gasteiger partial charge in [0.25, 0.3) is 0 Å². The molecule has 1 aromatic carbocycles. The van der Waals surface area contributed by atoms with Gasteiger partial charge in [0.2, 0.25) is 15.9 Å². The third-order valence-electron chi connectivity index (χ3n) is 3.52. The van der Waals surface area contributed by atoms with Crippen molar-refractivity contribution in [2.24, 2.45) is 0 Å². The maximum absolute atomic E-state index is 14.5. The average Bonchev–Trinajstić information content (AvgIpc) is 3.11. The molecule has 0 aliphatic carbocycles. The Morgan fingerprint density at radius 2 is 1.82 bits per heavy atom. The third kappa shape index (κ3) is 4.24. The highest BCUT2D eigenvalue weighted by molar-refractivity contribution is 7.92. The molecule has 0 saturated heterocycles. The summed E-state index contributed by atoms with van der Waals surface area (Å²) in [7, 11) is -3.79. The number of sulfonamides is 1. The van der Waals surface area contributed by atoms with Crippen molar-refractivity contribution in [3.8, 4) is 11.5 Å². The zero-order chi connectivity index (χ0) is 20.5. The highest BCUT2D eigenvalue weighted by atomic mass is 32.2. The Morgan fingerprint density at radius 3 is 2.36 bits per heavy atom. The van der Waals surface area contributed by atoms with Gasteiger partial charge in [-0.3, -0.25) is 4.31 Å². The Morgan fingerprint density at radius 1 is 1.14 bits per heavy atom. The fraction of sp³-hybridized carbons (Fsp3) is 0.200. The summed E-state index contributed by atoms with van der Waals surface area (Å²) in [5.74, 6) is -2.94. The van der Waals surface area contributed by atoms with E-state index in [2.05, 4.69) is 24.6 Å². The number of aromatic nitrogens is 4. The first-order valence-electron chi connectivity index (χ1n) is 7.48. The zero-order valence-electron chi connectivity index (χ0n) is 14.1. The number of benzene rings is 1. The van der Waals surface area contributed by atoms with Crippen LogP contribution in [0.2, 0.25) is 0 Å². The van der Waals surface area contributed by atoms with Gasteiger partial charge in [0.1, 0.15) is 12.1 Å². The molecule has 0 spiro atoms. The van der Waals surface area contributed by atoms with Crippen LogP contribution in [-0.4, -0.2) is 34.8 Å². The molecule has 3 rings (SSSR count). The van der Waals surface area contributed by atoms with Crippen LogP contribution >= 0.6 is 0 Å². The minimum atomic E-state index is -4.82. The van der Waals surface area contributed by atoms with Gasteiger partial charge in [-0.2, -0.15) is 13.2 Å². The van der Waals surface area contributed by atoms with Crippen LogP contribution < -0.4 is 4.31 Å². The summed E-state index contributed by atoms with van der Waals surface area (Å²) in [4.78, 5) is 7.46. The topological polar surface area (TPSA) is 102 Å². The minimum Gasteiger partial charge on any atom is -0.413 e. The van der Waals surface area contributed by atoms with Crippen molar-refractivity contribution in [3.05, 3.63) is 54.2 Å². The quantitative estimate of drug-likeness (QED) is 0.588. The SMILES string of the molecule is CS(=O)(=O)N(Cc1ccc(-c2nnc(C(F)(F)F)o2)cc1F)c1cncnc1. The van der Waals surface area contributed by atoms with Gasteiger partial charge in [-0.1, -0.05) is 6.07 Å². The van der Waals surface area contributed by atoms with E-state index < -0.39 is 33.8 Å². The number of rotatable bonds is 5. The summed E-state index contributed by atoms with van der Waals surface area (Å²) in [5.41, 5.74) is 0.00647. The van der Waals surface area contributed by atoms with Crippen LogP contribution in [0.4, 0.5) is 23.2 Å². The monoisotopic (exact) mass is 417 g/mol. The van der Waals surface area contributed by atoms with Crippen molar-refractivity contribution in [1.29, 1.82) is 0 Å². The second kappa shape index (κ2) is 7.14. The Kier molecular flexibility index (Phi) is 5.02. The molecule has 0 fully saturated rings. The number of alkyl halides is 3. The van der Waals surface area contributed by atoms with E-state index in [0.717, 1.165) is 16.6 Å². The van der Waals surface area contributed by atoms with Crippen LogP contribution in [0.1, 0.15) is 11.5 Å². The van der Waals surface area contributed by atoms with E-state index in [1.54, 1.807) is 0 Å². The lowest BCUT2D eigenvalue weighted by atomic mass is 10.1. The molecule has 0 aliphatic heterocycles. The smallest absolute Gasteiger partial charge is 0.413 e. The molecule has 0 bridgehead atoms. The summed E-state index contributed by atoms with van der Waals surface area (Å²) in [5, 5.41) is 6.12. The van der Waals surface area contributed by atoms with Gasteiger partial charge in [-0.05, 0) is 12.1 Å². The van der Waals surface area contributed by atoms with Gasteiger partial charge in [-0.25, -0.2) is 22.8 Å². The van der Waals surface area contributed by atoms with E-state index in [1.807, 2.05) is 0 Å². The summed E-state index contributed by atoms with van der Waals surface area (Å²) in [6.45, 7) is -0.379. The predicted octanol–water partition coefficient (Wildman–Crippen LogP) is 2.65. The first kappa shape index (κ1) is 19.7. The van der Waals surface area contributed by atoms with E-state index in [1.165, 1.54) is 30.9 Å². The Bertz CT molecular complexity index is 1090. The van der Waals surface area contributed by atoms with E-state index in [9.17, 15) is 26.0 Å². The van der Waals surface area contributed by atoms with Gasteiger partial charge in [0.15, 0.2) is 0 Å². The summed E-state index contributed by atoms with van der Waals surface area (Å²) < 4.78 is 81.5. The highest BCUT2D eigenvalue weighted by Crippen LogP contribution is 2.31. The average molecular weight is 417 g/mol. The number of halogens is 4. The van der Waals surface area contributed by atoms with Gasteiger partial charge in [-0.15, -0.1) is 10.2 Å². The van der Waals surface area contributed by atoms with Crippen LogP contribution in [0.25, 0.3) is 11.5 Å². The highest BCUT2D eigenvalue weighted by Gasteiger charge is 2.38. The Balaban J connectivity index is 1.91. The number of hydrogen-bond donors (Lipinski definition) is 0. The van der Waals surface area contributed by atoms with E-state index in [0.29, 0.717) is 0 Å². The lowest BCUT2D eigenvalue weighted by Gasteiger charge is -2.22. The Hall–Kier alpha value is -3.09. The van der Waals surface area contributed by atoms with Crippen molar-refractivity contribution >= 4 is 15.7 Å². The summed E-state index contributed by atoms with van der Waals surface area (Å²) in [6.07, 6.45) is -0.186. The molecule has 3 aromatic rings. The largest absolute Gasteiger partial charge is 0.470 e. The number of anilines is 1. The maximum Gasteiger partial charge on any atom is 0.470 e. The molecule has 0 unspecified atom stereocenters. The second-order valence-electron chi connectivity index (χ2n) is 5.58. The zero-order valence-corrected chi connectivity index (χ0v) is 14.9. The molecule has 0 radical (unpaired) electrons. The van der Waals surface area contributed by atoms with Crippen molar-refractivity contribution in [2.75, 3.05) is 10.6 Å². The van der Waals surface area contributed by atoms with E-state index >= 15 is 0 Å². The summed E-state index contributed by atoms with van der Waals surface area (Å²) >= 11 is 0. The molecular formula is C15H11F4N5O3S. The molecule has 13 heteroatoms. The molecule has 0 aliphatic rings. The predicted molar refractivity (Wildman–Crippen MR) is 87.8 cm³/mol. The van der Waals surface area contributed by atoms with Gasteiger partial charge in [0.05, 0.1) is 30.9 Å². The van der Waals surface area contributed by atoms with Crippen LogP contribution in [0, 0.1) is 5.82 Å². The van der Waals surface area contributed by atoms with Crippen LogP contribution in [0.15, 0.2) is 41.3 Å². The molecular weight excluding hydrogens is 406 g/mol. The van der Waals surface area contributed by atoms with Crippen molar-refractivity contribution in [3.63, 3.8) is 0 Å². The third-order valence-corrected chi connectivity index (χ3v) is 4.66. The van der Waals surface area contributed by atoms with Crippen LogP contribution in [0.5, 0.6) is 0 Å². The fourth-order valence-corrected chi connectivity index (χ4v) is 3.09. The first-order chi connectivity index (χ1) is 13.1. The van der Waals surface area contributed by atoms with Crippen LogP contribution in [0.3, 0.4) is 0 Å². The van der Waals surface area contributed by atoms with Crippen LogP contribution in [-0.2, 0) is 22.7 Å². The number of nitrogens with zero attached hydrogens (tertiary/aromatic N) is 5. The minimum absolute atomic E-state index is 0.0337. The molecule has 0 saturated carbocycles. The molecule has 0 N–H and O–H groups in total. The standard InChI is InChI=1S/C15H11F4N5O3S/c1-28(25,26)24(11-5-20-8-21-6-11)7-10-3-2-9(4-12(10)16)13-22-23-14(27-13)15(17,18)19/h2-6,8H,7H2,1H3. The second-order valence-corrected chi connectivity index (χ2v) is 7.49. The van der Waals surface area contributed by atoms with E-state index in [4.69, 9.17) is 0 Å². The molecule has 0 amide bonds. The lowest BCUT2D eigenvalue weighted by molar-refractivity contribution is -0.156. The maximum atomic E-state index is 14.5. The van der Waals surface area contributed by atoms with Gasteiger partial charge in [0, 0.05) is 11.1 Å². The molecule has 2 heterocycles. The number of hydrogen-bond acceptors (Lipinski definition) is 7. The van der Waals surface area contributed by atoms with Gasteiger partial charge < -0.3 is 4.42 Å². The first-order valence-corrected chi connectivity index (χ1v) is 9.33. The van der Waals surface area contributed by atoms with Crippen molar-refractivity contribution < 1.29 is 30.4 Å². The molecule has 8 nitrogen and oxygen atoms in total. The fourth-order valence-electron chi connectivity index (χ4n) is 2.24. The molecule has 2 aromatic heterocycles. The molecule has 28 heavy (non-hydrogen) atoms.